The van der Waals surface area contributed by atoms with Gasteiger partial charge in [0.2, 0.25) is 0 Å². The maximum absolute atomic E-state index is 10.2. The molecule has 1 aliphatic rings. The van der Waals surface area contributed by atoms with E-state index in [2.05, 4.69) is 26.0 Å². The van der Waals surface area contributed by atoms with E-state index in [-0.39, 0.29) is 5.84 Å². The number of nitrogens with zero attached hydrogens (tertiary/aromatic N) is 2. The molecule has 1 unspecified atom stereocenters. The number of piperidine rings is 1. The third-order valence-electron chi connectivity index (χ3n) is 3.36. The molecule has 19 heavy (non-hydrogen) atoms. The Balaban J connectivity index is 2.40. The Morgan fingerprint density at radius 2 is 2.26 bits per heavy atom. The first kappa shape index (κ1) is 14.1. The van der Waals surface area contributed by atoms with Gasteiger partial charge in [0.05, 0.1) is 5.60 Å². The van der Waals surface area contributed by atoms with Gasteiger partial charge < -0.3 is 20.9 Å². The average molecular weight is 328 g/mol. The normalized spacial score (nSPS) is 24.6. The molecule has 1 heterocycles. The monoisotopic (exact) mass is 327 g/mol. The van der Waals surface area contributed by atoms with E-state index in [0.29, 0.717) is 12.1 Å². The van der Waals surface area contributed by atoms with Gasteiger partial charge in [-0.2, -0.15) is 0 Å². The second kappa shape index (κ2) is 5.38. The molecule has 0 aliphatic carbocycles. The van der Waals surface area contributed by atoms with Crippen molar-refractivity contribution in [3.05, 3.63) is 28.2 Å². The highest BCUT2D eigenvalue weighted by atomic mass is 79.9. The van der Waals surface area contributed by atoms with Crippen LogP contribution >= 0.6 is 15.9 Å². The SMILES string of the molecule is CC1(O)CCCN(c2cc(Br)ccc2/C(N)=N/O)C1. The molecule has 0 aromatic heterocycles. The van der Waals surface area contributed by atoms with E-state index < -0.39 is 5.60 Å². The third-order valence-corrected chi connectivity index (χ3v) is 3.85. The van der Waals surface area contributed by atoms with Gasteiger partial charge in [-0.25, -0.2) is 0 Å². The van der Waals surface area contributed by atoms with Crippen LogP contribution in [0.4, 0.5) is 5.69 Å². The number of hydrogen-bond donors (Lipinski definition) is 3. The molecule has 0 saturated carbocycles. The zero-order valence-corrected chi connectivity index (χ0v) is 12.4. The molecule has 1 atom stereocenters. The molecule has 0 spiro atoms. The first-order chi connectivity index (χ1) is 8.93. The van der Waals surface area contributed by atoms with Crippen LogP contribution < -0.4 is 10.6 Å². The van der Waals surface area contributed by atoms with Crippen molar-refractivity contribution in [2.24, 2.45) is 10.9 Å². The van der Waals surface area contributed by atoms with Crippen LogP contribution in [0.5, 0.6) is 0 Å². The fourth-order valence-electron chi connectivity index (χ4n) is 2.46. The van der Waals surface area contributed by atoms with Gasteiger partial charge in [-0.3, -0.25) is 0 Å². The van der Waals surface area contributed by atoms with Crippen LogP contribution in [0.1, 0.15) is 25.3 Å². The van der Waals surface area contributed by atoms with Crippen LogP contribution in [0, 0.1) is 0 Å². The Hall–Kier alpha value is -1.27. The molecular weight excluding hydrogens is 310 g/mol. The van der Waals surface area contributed by atoms with Crippen molar-refractivity contribution < 1.29 is 10.3 Å². The Bertz CT molecular complexity index is 503. The summed E-state index contributed by atoms with van der Waals surface area (Å²) >= 11 is 3.43. The highest BCUT2D eigenvalue weighted by Crippen LogP contribution is 2.30. The highest BCUT2D eigenvalue weighted by Gasteiger charge is 2.29. The lowest BCUT2D eigenvalue weighted by molar-refractivity contribution is 0.0449. The molecule has 0 radical (unpaired) electrons. The van der Waals surface area contributed by atoms with E-state index in [1.54, 1.807) is 6.07 Å². The van der Waals surface area contributed by atoms with Gasteiger partial charge in [0.15, 0.2) is 5.84 Å². The standard InChI is InChI=1S/C13H18BrN3O2/c1-13(18)5-2-6-17(8-13)11-7-9(14)3-4-10(11)12(15)16-19/h3-4,7,18-19H,2,5-6,8H2,1H3,(H2,15,16). The molecule has 0 amide bonds. The van der Waals surface area contributed by atoms with Gasteiger partial charge in [0.25, 0.3) is 0 Å². The largest absolute Gasteiger partial charge is 0.409 e. The molecule has 1 aromatic carbocycles. The minimum Gasteiger partial charge on any atom is -0.409 e. The second-order valence-electron chi connectivity index (χ2n) is 5.17. The van der Waals surface area contributed by atoms with E-state index in [4.69, 9.17) is 10.9 Å². The summed E-state index contributed by atoms with van der Waals surface area (Å²) in [5.41, 5.74) is 6.54. The molecule has 1 aliphatic heterocycles. The van der Waals surface area contributed by atoms with E-state index >= 15 is 0 Å². The van der Waals surface area contributed by atoms with Crippen LogP contribution in [0.25, 0.3) is 0 Å². The lowest BCUT2D eigenvalue weighted by atomic mass is 9.94. The number of rotatable bonds is 2. The average Bonchev–Trinajstić information content (AvgIpc) is 2.36. The summed E-state index contributed by atoms with van der Waals surface area (Å²) in [6.07, 6.45) is 1.70. The van der Waals surface area contributed by atoms with E-state index in [1.165, 1.54) is 0 Å². The van der Waals surface area contributed by atoms with Crippen LogP contribution in [0.2, 0.25) is 0 Å². The second-order valence-corrected chi connectivity index (χ2v) is 6.08. The van der Waals surface area contributed by atoms with Crippen LogP contribution in [0.3, 0.4) is 0 Å². The number of halogens is 1. The zero-order chi connectivity index (χ0) is 14.0. The number of nitrogens with two attached hydrogens (primary N) is 1. The predicted molar refractivity (Wildman–Crippen MR) is 78.7 cm³/mol. The number of hydrogen-bond acceptors (Lipinski definition) is 4. The first-order valence-corrected chi connectivity index (χ1v) is 6.97. The minimum atomic E-state index is -0.705. The first-order valence-electron chi connectivity index (χ1n) is 6.18. The molecule has 4 N–H and O–H groups in total. The summed E-state index contributed by atoms with van der Waals surface area (Å²) in [7, 11) is 0. The number of benzene rings is 1. The number of amidine groups is 1. The van der Waals surface area contributed by atoms with Crippen molar-refractivity contribution in [1.29, 1.82) is 0 Å². The molecule has 2 rings (SSSR count). The van der Waals surface area contributed by atoms with Gasteiger partial charge in [0.1, 0.15) is 0 Å². The summed E-state index contributed by atoms with van der Waals surface area (Å²) in [6, 6.07) is 5.57. The molecule has 0 bridgehead atoms. The van der Waals surface area contributed by atoms with Crippen molar-refractivity contribution in [2.45, 2.75) is 25.4 Å². The smallest absolute Gasteiger partial charge is 0.172 e. The summed E-state index contributed by atoms with van der Waals surface area (Å²) < 4.78 is 0.919. The topological polar surface area (TPSA) is 82.1 Å². The van der Waals surface area contributed by atoms with E-state index in [9.17, 15) is 5.11 Å². The molecule has 1 saturated heterocycles. The molecule has 6 heteroatoms. The molecule has 5 nitrogen and oxygen atoms in total. The quantitative estimate of drug-likeness (QED) is 0.335. The van der Waals surface area contributed by atoms with Gasteiger partial charge in [-0.05, 0) is 38.0 Å². The summed E-state index contributed by atoms with van der Waals surface area (Å²) in [5.74, 6) is 0.0766. The fourth-order valence-corrected chi connectivity index (χ4v) is 2.81. The fraction of sp³-hybridized carbons (Fsp3) is 0.462. The molecular formula is C13H18BrN3O2. The van der Waals surface area contributed by atoms with E-state index in [0.717, 1.165) is 29.5 Å². The van der Waals surface area contributed by atoms with Crippen LogP contribution in [-0.2, 0) is 0 Å². The highest BCUT2D eigenvalue weighted by molar-refractivity contribution is 9.10. The summed E-state index contributed by atoms with van der Waals surface area (Å²) in [5, 5.41) is 22.1. The van der Waals surface area contributed by atoms with Crippen molar-refractivity contribution in [3.63, 3.8) is 0 Å². The molecule has 1 fully saturated rings. The van der Waals surface area contributed by atoms with E-state index in [1.807, 2.05) is 19.1 Å². The van der Waals surface area contributed by atoms with Gasteiger partial charge in [-0.15, -0.1) is 0 Å². The predicted octanol–water partition coefficient (Wildman–Crippen LogP) is 1.89. The zero-order valence-electron chi connectivity index (χ0n) is 10.8. The Kier molecular flexibility index (Phi) is 4.01. The minimum absolute atomic E-state index is 0.0766. The van der Waals surface area contributed by atoms with Crippen molar-refractivity contribution in [1.82, 2.24) is 0 Å². The van der Waals surface area contributed by atoms with Crippen molar-refractivity contribution in [3.8, 4) is 0 Å². The third kappa shape index (κ3) is 3.19. The lowest BCUT2D eigenvalue weighted by Gasteiger charge is -2.39. The van der Waals surface area contributed by atoms with Crippen LogP contribution in [0.15, 0.2) is 27.8 Å². The van der Waals surface area contributed by atoms with Crippen LogP contribution in [-0.4, -0.2) is 34.8 Å². The maximum Gasteiger partial charge on any atom is 0.172 e. The lowest BCUT2D eigenvalue weighted by Crippen LogP contribution is -2.46. The number of β-amino-alcohol motifs (C(OH)–C–C–N with tert-alkyl or cyclic N) is 1. The van der Waals surface area contributed by atoms with Crippen molar-refractivity contribution >= 4 is 27.5 Å². The Morgan fingerprint density at radius 3 is 2.89 bits per heavy atom. The summed E-state index contributed by atoms with van der Waals surface area (Å²) in [6.45, 7) is 3.22. The molecule has 104 valence electrons. The number of aliphatic hydroxyl groups is 1. The van der Waals surface area contributed by atoms with Gasteiger partial charge in [-0.1, -0.05) is 21.1 Å². The van der Waals surface area contributed by atoms with Crippen molar-refractivity contribution in [2.75, 3.05) is 18.0 Å². The molecule has 1 aromatic rings. The summed E-state index contributed by atoms with van der Waals surface area (Å²) in [4.78, 5) is 2.07. The Labute approximate surface area is 120 Å². The van der Waals surface area contributed by atoms with Gasteiger partial charge >= 0.3 is 0 Å². The maximum atomic E-state index is 10.2. The Morgan fingerprint density at radius 1 is 1.53 bits per heavy atom. The number of oxime groups is 1. The number of anilines is 1. The van der Waals surface area contributed by atoms with Gasteiger partial charge in [0, 0.05) is 28.8 Å².